The van der Waals surface area contributed by atoms with E-state index in [9.17, 15) is 19.2 Å². The van der Waals surface area contributed by atoms with E-state index >= 15 is 0 Å². The number of esters is 1. The monoisotopic (exact) mass is 248 g/mol. The Balaban J connectivity index is 4.36. The van der Waals surface area contributed by atoms with E-state index < -0.39 is 43.6 Å². The van der Waals surface area contributed by atoms with Crippen LogP contribution in [-0.2, 0) is 19.1 Å². The van der Waals surface area contributed by atoms with Crippen LogP contribution in [0.4, 0.5) is 4.79 Å². The summed E-state index contributed by atoms with van der Waals surface area (Å²) >= 11 is 0. The summed E-state index contributed by atoms with van der Waals surface area (Å²) in [6.45, 7) is -2.02. The van der Waals surface area contributed by atoms with Gasteiger partial charge in [-0.1, -0.05) is 0 Å². The first-order valence-corrected chi connectivity index (χ1v) is 4.40. The predicted octanol–water partition coefficient (Wildman–Crippen LogP) is -1.66. The highest BCUT2D eigenvalue weighted by molar-refractivity contribution is 5.86. The summed E-state index contributed by atoms with van der Waals surface area (Å²) < 4.78 is 4.24. The molecule has 0 unspecified atom stereocenters. The number of hydrogen-bond acceptors (Lipinski definition) is 5. The maximum absolute atomic E-state index is 11.3. The number of rotatable bonds is 6. The second-order valence-corrected chi connectivity index (χ2v) is 2.88. The van der Waals surface area contributed by atoms with Gasteiger partial charge in [0, 0.05) is 0 Å². The average molecular weight is 248 g/mol. The molecule has 0 aromatic rings. The highest BCUT2D eigenvalue weighted by Crippen LogP contribution is 1.90. The van der Waals surface area contributed by atoms with E-state index in [0.717, 1.165) is 7.11 Å². The van der Waals surface area contributed by atoms with Crippen molar-refractivity contribution in [3.05, 3.63) is 0 Å². The number of ether oxygens (including phenoxy) is 1. The summed E-state index contributed by atoms with van der Waals surface area (Å²) in [5.41, 5.74) is 0. The summed E-state index contributed by atoms with van der Waals surface area (Å²) in [6.07, 6.45) is 0. The Hall–Kier alpha value is -2.32. The van der Waals surface area contributed by atoms with Crippen molar-refractivity contribution in [3.63, 3.8) is 0 Å². The molecule has 0 rings (SSSR count). The van der Waals surface area contributed by atoms with Crippen molar-refractivity contribution in [3.8, 4) is 0 Å². The first kappa shape index (κ1) is 14.7. The molecular weight excluding hydrogens is 236 g/mol. The number of carboxylic acid groups (broad SMARTS) is 2. The molecule has 0 aliphatic heterocycles. The van der Waals surface area contributed by atoms with Gasteiger partial charge in [-0.2, -0.15) is 0 Å². The standard InChI is InChI=1S/C8H12N2O7/c1-17-7(15)2-9-8(16)10(3-5(11)12)4-6(13)14/h2-4H2,1H3,(H,9,16)(H,11,12)(H,13,14). The lowest BCUT2D eigenvalue weighted by Crippen LogP contribution is -2.46. The van der Waals surface area contributed by atoms with Crippen LogP contribution in [0, 0.1) is 0 Å². The highest BCUT2D eigenvalue weighted by atomic mass is 16.5. The van der Waals surface area contributed by atoms with Gasteiger partial charge in [0.05, 0.1) is 7.11 Å². The molecule has 0 spiro atoms. The minimum absolute atomic E-state index is 0.467. The number of nitrogens with zero attached hydrogens (tertiary/aromatic N) is 1. The van der Waals surface area contributed by atoms with Crippen molar-refractivity contribution in [1.82, 2.24) is 10.2 Å². The normalized spacial score (nSPS) is 9.24. The molecule has 0 bridgehead atoms. The molecule has 0 atom stereocenters. The van der Waals surface area contributed by atoms with Crippen molar-refractivity contribution in [2.75, 3.05) is 26.7 Å². The molecule has 0 heterocycles. The van der Waals surface area contributed by atoms with Gasteiger partial charge in [0.25, 0.3) is 0 Å². The van der Waals surface area contributed by atoms with E-state index in [1.165, 1.54) is 0 Å². The van der Waals surface area contributed by atoms with Crippen LogP contribution < -0.4 is 5.32 Å². The number of carbonyl (C=O) groups excluding carboxylic acids is 2. The van der Waals surface area contributed by atoms with E-state index in [1.807, 2.05) is 5.32 Å². The second-order valence-electron chi connectivity index (χ2n) is 2.88. The zero-order valence-corrected chi connectivity index (χ0v) is 9.00. The summed E-state index contributed by atoms with van der Waals surface area (Å²) in [6, 6.07) is -0.972. The van der Waals surface area contributed by atoms with Gasteiger partial charge in [-0.3, -0.25) is 14.4 Å². The quantitative estimate of drug-likeness (QED) is 0.479. The molecule has 9 nitrogen and oxygen atoms in total. The zero-order valence-electron chi connectivity index (χ0n) is 9.00. The smallest absolute Gasteiger partial charge is 0.325 e. The summed E-state index contributed by atoms with van der Waals surface area (Å²) in [5.74, 6) is -3.46. The van der Waals surface area contributed by atoms with Crippen LogP contribution in [0.25, 0.3) is 0 Å². The van der Waals surface area contributed by atoms with E-state index in [2.05, 4.69) is 4.74 Å². The van der Waals surface area contributed by atoms with Crippen LogP contribution in [0.2, 0.25) is 0 Å². The van der Waals surface area contributed by atoms with E-state index in [4.69, 9.17) is 10.2 Å². The Morgan fingerprint density at radius 1 is 1.12 bits per heavy atom. The van der Waals surface area contributed by atoms with Crippen LogP contribution in [0.1, 0.15) is 0 Å². The number of amides is 2. The molecule has 0 saturated carbocycles. The molecule has 0 radical (unpaired) electrons. The van der Waals surface area contributed by atoms with Gasteiger partial charge in [0.15, 0.2) is 0 Å². The third-order valence-corrected chi connectivity index (χ3v) is 1.55. The lowest BCUT2D eigenvalue weighted by molar-refractivity contribution is -0.140. The lowest BCUT2D eigenvalue weighted by atomic mass is 10.5. The SMILES string of the molecule is COC(=O)CNC(=O)N(CC(=O)O)CC(=O)O. The maximum atomic E-state index is 11.3. The number of nitrogens with one attached hydrogen (secondary N) is 1. The number of methoxy groups -OCH3 is 1. The van der Waals surface area contributed by atoms with Crippen molar-refractivity contribution in [2.24, 2.45) is 0 Å². The molecule has 0 aliphatic rings. The zero-order chi connectivity index (χ0) is 13.4. The first-order valence-electron chi connectivity index (χ1n) is 4.40. The van der Waals surface area contributed by atoms with Crippen LogP contribution in [0.5, 0.6) is 0 Å². The Morgan fingerprint density at radius 3 is 1.94 bits per heavy atom. The topological polar surface area (TPSA) is 133 Å². The van der Waals surface area contributed by atoms with E-state index in [-0.39, 0.29) is 0 Å². The summed E-state index contributed by atoms with van der Waals surface area (Å²) in [7, 11) is 1.11. The molecule has 3 N–H and O–H groups in total. The fourth-order valence-electron chi connectivity index (χ4n) is 0.858. The lowest BCUT2D eigenvalue weighted by Gasteiger charge is -2.18. The Morgan fingerprint density at radius 2 is 1.59 bits per heavy atom. The van der Waals surface area contributed by atoms with E-state index in [1.54, 1.807) is 0 Å². The molecule has 0 aliphatic carbocycles. The molecule has 0 aromatic carbocycles. The van der Waals surface area contributed by atoms with Gasteiger partial charge in [0.1, 0.15) is 19.6 Å². The predicted molar refractivity (Wildman–Crippen MR) is 52.3 cm³/mol. The summed E-state index contributed by atoms with van der Waals surface area (Å²) in [4.78, 5) is 43.3. The van der Waals surface area contributed by atoms with Crippen LogP contribution in [-0.4, -0.2) is 65.8 Å². The van der Waals surface area contributed by atoms with Crippen molar-refractivity contribution in [2.45, 2.75) is 0 Å². The maximum Gasteiger partial charge on any atom is 0.325 e. The van der Waals surface area contributed by atoms with Gasteiger partial charge in [-0.15, -0.1) is 0 Å². The minimum atomic E-state index is -1.36. The van der Waals surface area contributed by atoms with Gasteiger partial charge < -0.3 is 25.2 Å². The van der Waals surface area contributed by atoms with Gasteiger partial charge >= 0.3 is 23.9 Å². The van der Waals surface area contributed by atoms with Crippen molar-refractivity contribution >= 4 is 23.9 Å². The Labute approximate surface area is 96.0 Å². The number of aliphatic carboxylic acids is 2. The Bertz CT molecular complexity index is 312. The third kappa shape index (κ3) is 6.71. The molecular formula is C8H12N2O7. The number of carbonyl (C=O) groups is 4. The van der Waals surface area contributed by atoms with Crippen LogP contribution in [0.15, 0.2) is 0 Å². The molecule has 0 fully saturated rings. The highest BCUT2D eigenvalue weighted by Gasteiger charge is 2.19. The Kier molecular flexibility index (Phi) is 6.08. The second kappa shape index (κ2) is 7.04. The fourth-order valence-corrected chi connectivity index (χ4v) is 0.858. The number of carboxylic acids is 2. The number of hydrogen-bond donors (Lipinski definition) is 3. The van der Waals surface area contributed by atoms with Gasteiger partial charge in [0.2, 0.25) is 0 Å². The van der Waals surface area contributed by atoms with Gasteiger partial charge in [-0.05, 0) is 0 Å². The molecule has 96 valence electrons. The largest absolute Gasteiger partial charge is 0.480 e. The molecule has 0 saturated heterocycles. The van der Waals surface area contributed by atoms with Crippen LogP contribution >= 0.6 is 0 Å². The van der Waals surface area contributed by atoms with Crippen molar-refractivity contribution in [1.29, 1.82) is 0 Å². The molecule has 17 heavy (non-hydrogen) atoms. The minimum Gasteiger partial charge on any atom is -0.480 e. The van der Waals surface area contributed by atoms with Crippen molar-refractivity contribution < 1.29 is 34.1 Å². The summed E-state index contributed by atoms with van der Waals surface area (Å²) in [5, 5.41) is 19.0. The molecule has 2 amide bonds. The third-order valence-electron chi connectivity index (χ3n) is 1.55. The average Bonchev–Trinajstić information content (AvgIpc) is 2.23. The first-order chi connectivity index (χ1) is 7.86. The van der Waals surface area contributed by atoms with Gasteiger partial charge in [-0.25, -0.2) is 4.79 Å². The van der Waals surface area contributed by atoms with E-state index in [0.29, 0.717) is 4.90 Å². The van der Waals surface area contributed by atoms with Crippen LogP contribution in [0.3, 0.4) is 0 Å². The number of urea groups is 1. The molecule has 0 aromatic heterocycles. The fraction of sp³-hybridized carbons (Fsp3) is 0.500. The molecule has 9 heteroatoms.